The van der Waals surface area contributed by atoms with E-state index in [2.05, 4.69) is 14.5 Å². The third kappa shape index (κ3) is 2.23. The zero-order valence-electron chi connectivity index (χ0n) is 9.65. The molecule has 3 rings (SSSR count). The van der Waals surface area contributed by atoms with Crippen molar-refractivity contribution in [2.75, 3.05) is 0 Å². The predicted molar refractivity (Wildman–Crippen MR) is 68.6 cm³/mol. The van der Waals surface area contributed by atoms with Gasteiger partial charge in [-0.05, 0) is 0 Å². The van der Waals surface area contributed by atoms with Crippen molar-refractivity contribution in [2.24, 2.45) is 7.05 Å². The van der Waals surface area contributed by atoms with Crippen LogP contribution in [0.25, 0.3) is 11.4 Å². The summed E-state index contributed by atoms with van der Waals surface area (Å²) >= 11 is 1.23. The Kier molecular flexibility index (Phi) is 2.77. The topological polar surface area (TPSA) is 52.8 Å². The summed E-state index contributed by atoms with van der Waals surface area (Å²) in [7, 11) is 1.84. The highest BCUT2D eigenvalue weighted by Crippen LogP contribution is 2.26. The number of aryl methyl sites for hydroxylation is 1. The molecule has 0 bridgehead atoms. The monoisotopic (exact) mass is 258 g/mol. The average molecular weight is 258 g/mol. The Bertz CT molecular complexity index is 647. The number of hydrogen-bond donors (Lipinski definition) is 0. The summed E-state index contributed by atoms with van der Waals surface area (Å²) in [5, 5.41) is 4.54. The molecule has 2 heterocycles. The lowest BCUT2D eigenvalue weighted by atomic mass is 10.2. The van der Waals surface area contributed by atoms with E-state index in [1.54, 1.807) is 17.1 Å². The largest absolute Gasteiger partial charge is 0.426 e. The van der Waals surface area contributed by atoms with E-state index in [0.29, 0.717) is 16.8 Å². The zero-order chi connectivity index (χ0) is 12.4. The summed E-state index contributed by atoms with van der Waals surface area (Å²) in [4.78, 5) is 4.33. The highest BCUT2D eigenvalue weighted by Gasteiger charge is 2.08. The van der Waals surface area contributed by atoms with Crippen LogP contribution in [0.15, 0.2) is 42.7 Å². The molecule has 0 atom stereocenters. The third-order valence-electron chi connectivity index (χ3n) is 2.33. The second kappa shape index (κ2) is 4.58. The van der Waals surface area contributed by atoms with E-state index < -0.39 is 0 Å². The maximum absolute atomic E-state index is 5.56. The van der Waals surface area contributed by atoms with E-state index in [9.17, 15) is 0 Å². The van der Waals surface area contributed by atoms with E-state index in [0.717, 1.165) is 5.56 Å². The Morgan fingerprint density at radius 2 is 2.06 bits per heavy atom. The molecule has 0 spiro atoms. The summed E-state index contributed by atoms with van der Waals surface area (Å²) in [5.41, 5.74) is 0.981. The molecule has 0 amide bonds. The Morgan fingerprint density at radius 3 is 2.78 bits per heavy atom. The minimum absolute atomic E-state index is 0.516. The molecule has 18 heavy (non-hydrogen) atoms. The van der Waals surface area contributed by atoms with E-state index >= 15 is 0 Å². The summed E-state index contributed by atoms with van der Waals surface area (Å²) < 4.78 is 11.5. The molecule has 0 fully saturated rings. The first-order valence-electron chi connectivity index (χ1n) is 5.37. The molecule has 0 aliphatic carbocycles. The first-order chi connectivity index (χ1) is 8.81. The molecule has 0 unspecified atom stereocenters. The highest BCUT2D eigenvalue weighted by atomic mass is 32.1. The summed E-state index contributed by atoms with van der Waals surface area (Å²) in [6, 6.07) is 9.81. The van der Waals surface area contributed by atoms with Crippen molar-refractivity contribution < 1.29 is 4.74 Å². The summed E-state index contributed by atoms with van der Waals surface area (Å²) in [6.45, 7) is 0. The van der Waals surface area contributed by atoms with E-state index in [-0.39, 0.29) is 0 Å². The van der Waals surface area contributed by atoms with Crippen LogP contribution in [0.1, 0.15) is 0 Å². The fourth-order valence-electron chi connectivity index (χ4n) is 1.51. The first-order valence-corrected chi connectivity index (χ1v) is 6.14. The SMILES string of the molecule is Cn1cc(Oc2nc(-c3ccccc3)ns2)cn1. The van der Waals surface area contributed by atoms with Crippen molar-refractivity contribution in [3.05, 3.63) is 42.7 Å². The molecule has 3 aromatic rings. The molecule has 6 heteroatoms. The van der Waals surface area contributed by atoms with Gasteiger partial charge in [0.1, 0.15) is 0 Å². The number of rotatable bonds is 3. The average Bonchev–Trinajstić information content (AvgIpc) is 3.01. The van der Waals surface area contributed by atoms with Gasteiger partial charge < -0.3 is 4.74 Å². The molecule has 0 radical (unpaired) electrons. The third-order valence-corrected chi connectivity index (χ3v) is 2.92. The Balaban J connectivity index is 1.82. The van der Waals surface area contributed by atoms with Crippen molar-refractivity contribution in [3.63, 3.8) is 0 Å². The summed E-state index contributed by atoms with van der Waals surface area (Å²) in [6.07, 6.45) is 3.42. The van der Waals surface area contributed by atoms with Crippen LogP contribution in [0.2, 0.25) is 0 Å². The lowest BCUT2D eigenvalue weighted by Gasteiger charge is -1.94. The van der Waals surface area contributed by atoms with Crippen LogP contribution in [-0.2, 0) is 7.05 Å². The van der Waals surface area contributed by atoms with Crippen molar-refractivity contribution in [3.8, 4) is 22.3 Å². The molecule has 90 valence electrons. The number of ether oxygens (including phenoxy) is 1. The quantitative estimate of drug-likeness (QED) is 0.724. The highest BCUT2D eigenvalue weighted by molar-refractivity contribution is 7.07. The van der Waals surface area contributed by atoms with Gasteiger partial charge in [0.15, 0.2) is 11.6 Å². The molecule has 0 N–H and O–H groups in total. The standard InChI is InChI=1S/C12H10N4OS/c1-16-8-10(7-13-16)17-12-14-11(15-18-12)9-5-3-2-4-6-9/h2-8H,1H3. The molecule has 0 aliphatic rings. The maximum atomic E-state index is 5.56. The van der Waals surface area contributed by atoms with Gasteiger partial charge in [-0.15, -0.1) is 0 Å². The lowest BCUT2D eigenvalue weighted by Crippen LogP contribution is -1.85. The maximum Gasteiger partial charge on any atom is 0.299 e. The second-order valence-electron chi connectivity index (χ2n) is 3.70. The zero-order valence-corrected chi connectivity index (χ0v) is 10.5. The van der Waals surface area contributed by atoms with Crippen LogP contribution in [0, 0.1) is 0 Å². The van der Waals surface area contributed by atoms with E-state index in [4.69, 9.17) is 4.74 Å². The molecular weight excluding hydrogens is 248 g/mol. The van der Waals surface area contributed by atoms with Crippen LogP contribution >= 0.6 is 11.5 Å². The Morgan fingerprint density at radius 1 is 1.22 bits per heavy atom. The number of nitrogens with zero attached hydrogens (tertiary/aromatic N) is 4. The minimum Gasteiger partial charge on any atom is -0.426 e. The Labute approximate surface area is 108 Å². The van der Waals surface area contributed by atoms with Gasteiger partial charge in [0.25, 0.3) is 5.19 Å². The smallest absolute Gasteiger partial charge is 0.299 e. The van der Waals surface area contributed by atoms with Crippen LogP contribution in [0.4, 0.5) is 0 Å². The van der Waals surface area contributed by atoms with Crippen molar-refractivity contribution in [2.45, 2.75) is 0 Å². The van der Waals surface area contributed by atoms with Gasteiger partial charge in [-0.3, -0.25) is 4.68 Å². The minimum atomic E-state index is 0.516. The molecule has 1 aromatic carbocycles. The molecule has 0 saturated heterocycles. The van der Waals surface area contributed by atoms with Crippen molar-refractivity contribution in [1.29, 1.82) is 0 Å². The number of aromatic nitrogens is 4. The molecular formula is C12H10N4OS. The Hall–Kier alpha value is -2.21. The lowest BCUT2D eigenvalue weighted by molar-refractivity contribution is 0.478. The second-order valence-corrected chi connectivity index (χ2v) is 4.42. The van der Waals surface area contributed by atoms with Gasteiger partial charge in [-0.2, -0.15) is 14.5 Å². The predicted octanol–water partition coefficient (Wildman–Crippen LogP) is 2.73. The van der Waals surface area contributed by atoms with Gasteiger partial charge in [0.05, 0.1) is 12.4 Å². The number of hydrogen-bond acceptors (Lipinski definition) is 5. The van der Waals surface area contributed by atoms with Crippen LogP contribution in [-0.4, -0.2) is 19.1 Å². The fraction of sp³-hybridized carbons (Fsp3) is 0.0833. The van der Waals surface area contributed by atoms with Gasteiger partial charge in [0, 0.05) is 24.1 Å². The van der Waals surface area contributed by atoms with Gasteiger partial charge in [0.2, 0.25) is 0 Å². The van der Waals surface area contributed by atoms with Gasteiger partial charge in [-0.25, -0.2) is 0 Å². The van der Waals surface area contributed by atoms with Crippen molar-refractivity contribution >= 4 is 11.5 Å². The summed E-state index contributed by atoms with van der Waals surface area (Å²) in [5.74, 6) is 1.34. The molecule has 0 aliphatic heterocycles. The van der Waals surface area contributed by atoms with E-state index in [1.165, 1.54) is 11.5 Å². The first kappa shape index (κ1) is 10.9. The normalized spacial score (nSPS) is 10.5. The van der Waals surface area contributed by atoms with Gasteiger partial charge in [-0.1, -0.05) is 30.3 Å². The molecule has 2 aromatic heterocycles. The van der Waals surface area contributed by atoms with Crippen LogP contribution < -0.4 is 4.74 Å². The van der Waals surface area contributed by atoms with Crippen LogP contribution in [0.5, 0.6) is 10.9 Å². The molecule has 0 saturated carbocycles. The molecule has 5 nitrogen and oxygen atoms in total. The van der Waals surface area contributed by atoms with Gasteiger partial charge >= 0.3 is 0 Å². The van der Waals surface area contributed by atoms with Crippen molar-refractivity contribution in [1.82, 2.24) is 19.1 Å². The number of benzene rings is 1. The van der Waals surface area contributed by atoms with Crippen LogP contribution in [0.3, 0.4) is 0 Å². The van der Waals surface area contributed by atoms with E-state index in [1.807, 2.05) is 37.4 Å². The fourth-order valence-corrected chi connectivity index (χ4v) is 2.08.